The van der Waals surface area contributed by atoms with E-state index in [4.69, 9.17) is 10.8 Å². The van der Waals surface area contributed by atoms with Gasteiger partial charge in [-0.15, -0.1) is 0 Å². The zero-order chi connectivity index (χ0) is 15.0. The number of nitrogens with zero attached hydrogens (tertiary/aromatic N) is 3. The first-order valence-electron chi connectivity index (χ1n) is 7.88. The van der Waals surface area contributed by atoms with Gasteiger partial charge in [0, 0.05) is 24.1 Å². The van der Waals surface area contributed by atoms with Gasteiger partial charge < -0.3 is 15.6 Å². The van der Waals surface area contributed by atoms with Crippen molar-refractivity contribution in [2.24, 2.45) is 11.8 Å². The standard InChI is InChI=1S/C15H26N6/c1-9-8-21(3)7-6-12(9)17-13-10(2)14(20-16)19-15(18-13)11-4-5-11/h9,11-12H,4-8,16H2,1-3H3,(H2,17,18,19,20). The Labute approximate surface area is 126 Å². The molecule has 0 spiro atoms. The Morgan fingerprint density at radius 3 is 2.52 bits per heavy atom. The van der Waals surface area contributed by atoms with Crippen molar-refractivity contribution in [2.45, 2.75) is 45.1 Å². The van der Waals surface area contributed by atoms with E-state index in [0.717, 1.165) is 42.5 Å². The SMILES string of the molecule is Cc1c(NN)nc(C2CC2)nc1NC1CCN(C)CC1C. The Morgan fingerprint density at radius 2 is 1.90 bits per heavy atom. The van der Waals surface area contributed by atoms with E-state index in [1.807, 2.05) is 6.92 Å². The smallest absolute Gasteiger partial charge is 0.148 e. The molecule has 2 atom stereocenters. The second-order valence-electron chi connectivity index (χ2n) is 6.60. The van der Waals surface area contributed by atoms with Gasteiger partial charge in [-0.05, 0) is 45.7 Å². The average Bonchev–Trinajstić information content (AvgIpc) is 3.28. The van der Waals surface area contributed by atoms with Crippen molar-refractivity contribution in [3.8, 4) is 0 Å². The highest BCUT2D eigenvalue weighted by Crippen LogP contribution is 2.39. The van der Waals surface area contributed by atoms with Crippen LogP contribution in [0.3, 0.4) is 0 Å². The zero-order valence-corrected chi connectivity index (χ0v) is 13.2. The van der Waals surface area contributed by atoms with Gasteiger partial charge in [-0.1, -0.05) is 6.92 Å². The highest BCUT2D eigenvalue weighted by Gasteiger charge is 2.29. The Balaban J connectivity index is 1.82. The van der Waals surface area contributed by atoms with Gasteiger partial charge in [0.25, 0.3) is 0 Å². The molecule has 0 radical (unpaired) electrons. The monoisotopic (exact) mass is 290 g/mol. The molecule has 2 aliphatic rings. The van der Waals surface area contributed by atoms with Crippen molar-refractivity contribution in [2.75, 3.05) is 30.9 Å². The van der Waals surface area contributed by atoms with Gasteiger partial charge in [-0.2, -0.15) is 0 Å². The number of nitrogens with one attached hydrogen (secondary N) is 2. The van der Waals surface area contributed by atoms with E-state index in [1.165, 1.54) is 12.8 Å². The molecule has 6 nitrogen and oxygen atoms in total. The van der Waals surface area contributed by atoms with E-state index in [2.05, 4.69) is 34.6 Å². The lowest BCUT2D eigenvalue weighted by molar-refractivity contribution is 0.206. The first-order valence-corrected chi connectivity index (χ1v) is 7.88. The van der Waals surface area contributed by atoms with Crippen LogP contribution in [0.25, 0.3) is 0 Å². The molecule has 21 heavy (non-hydrogen) atoms. The summed E-state index contributed by atoms with van der Waals surface area (Å²) in [5.74, 6) is 9.36. The molecule has 116 valence electrons. The number of nitrogens with two attached hydrogens (primary N) is 1. The Kier molecular flexibility index (Phi) is 3.99. The van der Waals surface area contributed by atoms with Crippen molar-refractivity contribution < 1.29 is 0 Å². The second-order valence-corrected chi connectivity index (χ2v) is 6.60. The molecule has 2 unspecified atom stereocenters. The van der Waals surface area contributed by atoms with Crippen LogP contribution in [0.1, 0.15) is 43.5 Å². The summed E-state index contributed by atoms with van der Waals surface area (Å²) in [7, 11) is 2.18. The Morgan fingerprint density at radius 1 is 1.19 bits per heavy atom. The van der Waals surface area contributed by atoms with Crippen molar-refractivity contribution in [1.29, 1.82) is 0 Å². The Bertz CT molecular complexity index is 513. The molecule has 1 aromatic rings. The van der Waals surface area contributed by atoms with E-state index in [0.29, 0.717) is 17.9 Å². The molecule has 4 N–H and O–H groups in total. The second kappa shape index (κ2) is 5.77. The molecule has 0 amide bonds. The number of rotatable bonds is 4. The summed E-state index contributed by atoms with van der Waals surface area (Å²) in [4.78, 5) is 11.7. The largest absolute Gasteiger partial charge is 0.367 e. The van der Waals surface area contributed by atoms with Crippen LogP contribution in [0.2, 0.25) is 0 Å². The summed E-state index contributed by atoms with van der Waals surface area (Å²) < 4.78 is 0. The van der Waals surface area contributed by atoms with Gasteiger partial charge >= 0.3 is 0 Å². The molecule has 1 saturated carbocycles. The minimum atomic E-state index is 0.465. The third kappa shape index (κ3) is 3.11. The van der Waals surface area contributed by atoms with Gasteiger partial charge in [0.1, 0.15) is 17.5 Å². The molecule has 1 aliphatic heterocycles. The first kappa shape index (κ1) is 14.5. The summed E-state index contributed by atoms with van der Waals surface area (Å²) in [6.07, 6.45) is 3.53. The van der Waals surface area contributed by atoms with Crippen molar-refractivity contribution in [3.05, 3.63) is 11.4 Å². The maximum atomic E-state index is 5.61. The molecular weight excluding hydrogens is 264 g/mol. The zero-order valence-electron chi connectivity index (χ0n) is 13.2. The average molecular weight is 290 g/mol. The Hall–Kier alpha value is -1.40. The molecule has 1 aliphatic carbocycles. The van der Waals surface area contributed by atoms with Crippen LogP contribution in [0.15, 0.2) is 0 Å². The molecule has 0 bridgehead atoms. The number of hydrazine groups is 1. The summed E-state index contributed by atoms with van der Waals surface area (Å²) in [6.45, 7) is 6.57. The highest BCUT2D eigenvalue weighted by molar-refractivity contribution is 5.57. The van der Waals surface area contributed by atoms with Crippen LogP contribution in [-0.2, 0) is 0 Å². The third-order valence-corrected chi connectivity index (χ3v) is 4.67. The fourth-order valence-electron chi connectivity index (χ4n) is 3.08. The first-order chi connectivity index (χ1) is 10.1. The van der Waals surface area contributed by atoms with Gasteiger partial charge in [-0.25, -0.2) is 15.8 Å². The van der Waals surface area contributed by atoms with E-state index < -0.39 is 0 Å². The number of likely N-dealkylation sites (tertiary alicyclic amines) is 1. The molecule has 3 rings (SSSR count). The highest BCUT2D eigenvalue weighted by atomic mass is 15.3. The van der Waals surface area contributed by atoms with Gasteiger partial charge in [0.15, 0.2) is 0 Å². The maximum absolute atomic E-state index is 5.61. The van der Waals surface area contributed by atoms with Crippen molar-refractivity contribution in [1.82, 2.24) is 14.9 Å². The normalized spacial score (nSPS) is 26.7. The number of nitrogen functional groups attached to an aromatic ring is 1. The quantitative estimate of drug-likeness (QED) is 0.578. The predicted molar refractivity (Wildman–Crippen MR) is 85.2 cm³/mol. The van der Waals surface area contributed by atoms with E-state index in [9.17, 15) is 0 Å². The van der Waals surface area contributed by atoms with Crippen LogP contribution in [0.5, 0.6) is 0 Å². The fourth-order valence-corrected chi connectivity index (χ4v) is 3.08. The molecular formula is C15H26N6. The summed E-state index contributed by atoms with van der Waals surface area (Å²) in [5, 5.41) is 3.64. The van der Waals surface area contributed by atoms with Crippen LogP contribution in [-0.4, -0.2) is 41.0 Å². The molecule has 6 heteroatoms. The summed E-state index contributed by atoms with van der Waals surface area (Å²) in [6, 6.07) is 0.465. The van der Waals surface area contributed by atoms with Gasteiger partial charge in [0.05, 0.1) is 0 Å². The lowest BCUT2D eigenvalue weighted by atomic mass is 9.94. The summed E-state index contributed by atoms with van der Waals surface area (Å²) >= 11 is 0. The van der Waals surface area contributed by atoms with Crippen molar-refractivity contribution in [3.63, 3.8) is 0 Å². The molecule has 2 fully saturated rings. The lowest BCUT2D eigenvalue weighted by Gasteiger charge is -2.35. The van der Waals surface area contributed by atoms with Crippen molar-refractivity contribution >= 4 is 11.6 Å². The predicted octanol–water partition coefficient (Wildman–Crippen LogP) is 1.70. The van der Waals surface area contributed by atoms with E-state index in [-0.39, 0.29) is 0 Å². The number of aromatic nitrogens is 2. The number of anilines is 2. The molecule has 1 saturated heterocycles. The van der Waals surface area contributed by atoms with Crippen LogP contribution >= 0.6 is 0 Å². The molecule has 1 aromatic heterocycles. The fraction of sp³-hybridized carbons (Fsp3) is 0.733. The number of piperidine rings is 1. The van der Waals surface area contributed by atoms with Crippen LogP contribution < -0.4 is 16.6 Å². The topological polar surface area (TPSA) is 79.1 Å². The maximum Gasteiger partial charge on any atom is 0.148 e. The van der Waals surface area contributed by atoms with E-state index in [1.54, 1.807) is 0 Å². The van der Waals surface area contributed by atoms with Crippen LogP contribution in [0, 0.1) is 12.8 Å². The molecule has 2 heterocycles. The minimum absolute atomic E-state index is 0.465. The number of hydrogen-bond acceptors (Lipinski definition) is 6. The lowest BCUT2D eigenvalue weighted by Crippen LogP contribution is -2.43. The number of hydrogen-bond donors (Lipinski definition) is 3. The van der Waals surface area contributed by atoms with Crippen LogP contribution in [0.4, 0.5) is 11.6 Å². The molecule has 0 aromatic carbocycles. The van der Waals surface area contributed by atoms with Gasteiger partial charge in [0.2, 0.25) is 0 Å². The third-order valence-electron chi connectivity index (χ3n) is 4.67. The van der Waals surface area contributed by atoms with Gasteiger partial charge in [-0.3, -0.25) is 0 Å². The van der Waals surface area contributed by atoms with E-state index >= 15 is 0 Å². The summed E-state index contributed by atoms with van der Waals surface area (Å²) in [5.41, 5.74) is 3.72. The minimum Gasteiger partial charge on any atom is -0.367 e.